The van der Waals surface area contributed by atoms with Gasteiger partial charge in [0.05, 0.1) is 0 Å². The van der Waals surface area contributed by atoms with Crippen LogP contribution in [0.4, 0.5) is 11.4 Å². The van der Waals surface area contributed by atoms with Crippen LogP contribution in [0.15, 0.2) is 24.3 Å². The van der Waals surface area contributed by atoms with Crippen LogP contribution in [0.5, 0.6) is 0 Å². The van der Waals surface area contributed by atoms with Crippen molar-refractivity contribution in [1.82, 2.24) is 0 Å². The summed E-state index contributed by atoms with van der Waals surface area (Å²) in [6.07, 6.45) is 7.71. The molecule has 1 aliphatic carbocycles. The molecule has 3 N–H and O–H groups in total. The van der Waals surface area contributed by atoms with E-state index in [9.17, 15) is 9.90 Å². The summed E-state index contributed by atoms with van der Waals surface area (Å²) in [5.74, 6) is 0.191. The molecule has 1 aliphatic heterocycles. The minimum atomic E-state index is -0.914. The third kappa shape index (κ3) is 5.72. The van der Waals surface area contributed by atoms with Crippen LogP contribution in [0.1, 0.15) is 51.4 Å². The van der Waals surface area contributed by atoms with E-state index in [4.69, 9.17) is 4.74 Å². The number of carbonyl (C=O) groups excluding carboxylic acids is 1. The molecular formula is C20H30N2O3. The van der Waals surface area contributed by atoms with Gasteiger partial charge < -0.3 is 20.5 Å². The largest absolute Gasteiger partial charge is 0.383 e. The maximum absolute atomic E-state index is 12.2. The van der Waals surface area contributed by atoms with Crippen LogP contribution in [-0.2, 0) is 9.53 Å². The Morgan fingerprint density at radius 1 is 1.04 bits per heavy atom. The normalized spacial score (nSPS) is 20.8. The van der Waals surface area contributed by atoms with E-state index < -0.39 is 6.10 Å². The van der Waals surface area contributed by atoms with Crippen LogP contribution in [0, 0.1) is 5.92 Å². The van der Waals surface area contributed by atoms with Gasteiger partial charge in [0.1, 0.15) is 6.10 Å². The molecule has 0 aromatic heterocycles. The zero-order valence-corrected chi connectivity index (χ0v) is 14.9. The van der Waals surface area contributed by atoms with Gasteiger partial charge in [0, 0.05) is 30.6 Å². The highest BCUT2D eigenvalue weighted by atomic mass is 16.5. The van der Waals surface area contributed by atoms with E-state index in [1.165, 1.54) is 19.3 Å². The topological polar surface area (TPSA) is 70.6 Å². The minimum absolute atomic E-state index is 0.296. The Morgan fingerprint density at radius 2 is 1.68 bits per heavy atom. The highest BCUT2D eigenvalue weighted by Crippen LogP contribution is 2.27. The van der Waals surface area contributed by atoms with E-state index in [1.54, 1.807) is 0 Å². The maximum Gasteiger partial charge on any atom is 0.253 e. The molecule has 1 unspecified atom stereocenters. The summed E-state index contributed by atoms with van der Waals surface area (Å²) in [5.41, 5.74) is 1.78. The summed E-state index contributed by atoms with van der Waals surface area (Å²) in [6.45, 7) is 1.62. The van der Waals surface area contributed by atoms with Crippen LogP contribution in [-0.4, -0.2) is 36.4 Å². The quantitative estimate of drug-likeness (QED) is 0.737. The van der Waals surface area contributed by atoms with E-state index in [1.807, 2.05) is 24.3 Å². The predicted octanol–water partition coefficient (Wildman–Crippen LogP) is 3.55. The molecule has 3 rings (SSSR count). The molecule has 5 nitrogen and oxygen atoms in total. The van der Waals surface area contributed by atoms with Crippen molar-refractivity contribution < 1.29 is 14.6 Å². The van der Waals surface area contributed by atoms with Gasteiger partial charge in [-0.3, -0.25) is 4.79 Å². The van der Waals surface area contributed by atoms with E-state index in [0.29, 0.717) is 18.4 Å². The fourth-order valence-corrected chi connectivity index (χ4v) is 3.80. The SMILES string of the molecule is O=C(Nc1ccc(NC2CCOCC2)cc1)C(O)CC1CCCCC1. The maximum atomic E-state index is 12.2. The van der Waals surface area contributed by atoms with Gasteiger partial charge in [0.2, 0.25) is 0 Å². The Balaban J connectivity index is 1.45. The first-order valence-corrected chi connectivity index (χ1v) is 9.64. The van der Waals surface area contributed by atoms with Crippen LogP contribution >= 0.6 is 0 Å². The van der Waals surface area contributed by atoms with Crippen LogP contribution in [0.3, 0.4) is 0 Å². The lowest BCUT2D eigenvalue weighted by atomic mass is 9.85. The number of benzene rings is 1. The van der Waals surface area contributed by atoms with Crippen molar-refractivity contribution >= 4 is 17.3 Å². The van der Waals surface area contributed by atoms with Gasteiger partial charge in [-0.2, -0.15) is 0 Å². The zero-order chi connectivity index (χ0) is 17.5. The molecule has 5 heteroatoms. The van der Waals surface area contributed by atoms with Crippen molar-refractivity contribution in [3.63, 3.8) is 0 Å². The molecule has 0 radical (unpaired) electrons. The lowest BCUT2D eigenvalue weighted by Gasteiger charge is -2.24. The smallest absolute Gasteiger partial charge is 0.253 e. The first-order chi connectivity index (χ1) is 12.2. The molecule has 1 amide bonds. The van der Waals surface area contributed by atoms with Crippen LogP contribution < -0.4 is 10.6 Å². The van der Waals surface area contributed by atoms with Gasteiger partial charge >= 0.3 is 0 Å². The number of amides is 1. The standard InChI is InChI=1S/C20H30N2O3/c23-19(14-15-4-2-1-3-5-15)20(24)22-17-8-6-16(7-9-17)21-18-10-12-25-13-11-18/h6-9,15,18-19,21,23H,1-5,10-14H2,(H,22,24). The second-order valence-electron chi connectivity index (χ2n) is 7.35. The lowest BCUT2D eigenvalue weighted by Crippen LogP contribution is -2.30. The van der Waals surface area contributed by atoms with E-state index >= 15 is 0 Å². The Kier molecular flexibility index (Phi) is 6.70. The highest BCUT2D eigenvalue weighted by Gasteiger charge is 2.22. The van der Waals surface area contributed by atoms with Gasteiger partial charge in [-0.15, -0.1) is 0 Å². The average molecular weight is 346 g/mol. The van der Waals surface area contributed by atoms with Crippen molar-refractivity contribution in [2.45, 2.75) is 63.5 Å². The van der Waals surface area contributed by atoms with Crippen molar-refractivity contribution in [2.24, 2.45) is 5.92 Å². The molecule has 1 atom stereocenters. The van der Waals surface area contributed by atoms with Gasteiger partial charge in [0.15, 0.2) is 0 Å². The number of carbonyl (C=O) groups is 1. The molecule has 1 saturated heterocycles. The minimum Gasteiger partial charge on any atom is -0.383 e. The number of rotatable bonds is 6. The fourth-order valence-electron chi connectivity index (χ4n) is 3.80. The van der Waals surface area contributed by atoms with Crippen molar-refractivity contribution in [3.8, 4) is 0 Å². The van der Waals surface area contributed by atoms with E-state index in [2.05, 4.69) is 10.6 Å². The summed E-state index contributed by atoms with van der Waals surface area (Å²) in [4.78, 5) is 12.2. The molecule has 1 aromatic carbocycles. The molecule has 25 heavy (non-hydrogen) atoms. The number of hydrogen-bond acceptors (Lipinski definition) is 4. The first-order valence-electron chi connectivity index (χ1n) is 9.64. The zero-order valence-electron chi connectivity index (χ0n) is 14.9. The van der Waals surface area contributed by atoms with Crippen molar-refractivity contribution in [3.05, 3.63) is 24.3 Å². The molecule has 1 saturated carbocycles. The van der Waals surface area contributed by atoms with E-state index in [-0.39, 0.29) is 5.91 Å². The summed E-state index contributed by atoms with van der Waals surface area (Å²) >= 11 is 0. The van der Waals surface area contributed by atoms with Gasteiger partial charge in [0.25, 0.3) is 5.91 Å². The molecule has 0 bridgehead atoms. The number of anilines is 2. The number of nitrogens with one attached hydrogen (secondary N) is 2. The third-order valence-electron chi connectivity index (χ3n) is 5.33. The number of ether oxygens (including phenoxy) is 1. The van der Waals surface area contributed by atoms with Gasteiger partial charge in [-0.1, -0.05) is 32.1 Å². The Labute approximate surface area is 150 Å². The molecule has 1 heterocycles. The van der Waals surface area contributed by atoms with Crippen LogP contribution in [0.25, 0.3) is 0 Å². The average Bonchev–Trinajstić information content (AvgIpc) is 2.65. The van der Waals surface area contributed by atoms with Crippen LogP contribution in [0.2, 0.25) is 0 Å². The monoisotopic (exact) mass is 346 g/mol. The highest BCUT2D eigenvalue weighted by molar-refractivity contribution is 5.94. The molecule has 138 valence electrons. The van der Waals surface area contributed by atoms with E-state index in [0.717, 1.165) is 50.3 Å². The second-order valence-corrected chi connectivity index (χ2v) is 7.35. The summed E-state index contributed by atoms with van der Waals surface area (Å²) in [6, 6.07) is 8.16. The molecule has 0 spiro atoms. The van der Waals surface area contributed by atoms with Crippen molar-refractivity contribution in [2.75, 3.05) is 23.8 Å². The van der Waals surface area contributed by atoms with Gasteiger partial charge in [-0.25, -0.2) is 0 Å². The predicted molar refractivity (Wildman–Crippen MR) is 99.7 cm³/mol. The Bertz CT molecular complexity index is 534. The summed E-state index contributed by atoms with van der Waals surface area (Å²) < 4.78 is 5.37. The number of aliphatic hydroxyl groups excluding tert-OH is 1. The number of hydrogen-bond donors (Lipinski definition) is 3. The first kappa shape index (κ1) is 18.2. The summed E-state index contributed by atoms with van der Waals surface area (Å²) in [7, 11) is 0. The molecule has 1 aromatic rings. The fraction of sp³-hybridized carbons (Fsp3) is 0.650. The summed E-state index contributed by atoms with van der Waals surface area (Å²) in [5, 5.41) is 16.5. The second kappa shape index (κ2) is 9.20. The molecule has 2 aliphatic rings. The Morgan fingerprint density at radius 3 is 2.36 bits per heavy atom. The van der Waals surface area contributed by atoms with Crippen molar-refractivity contribution in [1.29, 1.82) is 0 Å². The molecular weight excluding hydrogens is 316 g/mol. The molecule has 2 fully saturated rings. The van der Waals surface area contributed by atoms with Gasteiger partial charge in [-0.05, 0) is 49.4 Å². The lowest BCUT2D eigenvalue weighted by molar-refractivity contribution is -0.125. The Hall–Kier alpha value is -1.59. The number of aliphatic hydroxyl groups is 1. The third-order valence-corrected chi connectivity index (χ3v) is 5.33.